The van der Waals surface area contributed by atoms with E-state index in [0.717, 1.165) is 24.2 Å². The summed E-state index contributed by atoms with van der Waals surface area (Å²) in [7, 11) is -3.67. The third-order valence-electron chi connectivity index (χ3n) is 4.51. The number of rotatable bonds is 5. The summed E-state index contributed by atoms with van der Waals surface area (Å²) in [5, 5.41) is 2.48. The maximum Gasteiger partial charge on any atom is 0.338 e. The highest BCUT2D eigenvalue weighted by Crippen LogP contribution is 2.21. The summed E-state index contributed by atoms with van der Waals surface area (Å²) in [6.07, 6.45) is 2.63. The van der Waals surface area contributed by atoms with Crippen LogP contribution in [0.15, 0.2) is 29.2 Å². The molecular formula is C17H21N3O6S. The number of carbonyl (C=O) groups excluding carboxylic acids is 3. The molecule has 27 heavy (non-hydrogen) atoms. The lowest BCUT2D eigenvalue weighted by atomic mass is 10.2. The summed E-state index contributed by atoms with van der Waals surface area (Å²) < 4.78 is 31.8. The van der Waals surface area contributed by atoms with Crippen molar-refractivity contribution in [3.63, 3.8) is 0 Å². The van der Waals surface area contributed by atoms with Crippen molar-refractivity contribution in [1.29, 1.82) is 0 Å². The molecule has 1 aromatic rings. The van der Waals surface area contributed by atoms with Crippen LogP contribution in [0.4, 0.5) is 4.79 Å². The van der Waals surface area contributed by atoms with Crippen LogP contribution in [0.1, 0.15) is 29.6 Å². The lowest BCUT2D eigenvalue weighted by Crippen LogP contribution is -2.37. The Kier molecular flexibility index (Phi) is 5.76. The molecule has 0 unspecified atom stereocenters. The predicted octanol–water partition coefficient (Wildman–Crippen LogP) is 0.570. The summed E-state index contributed by atoms with van der Waals surface area (Å²) >= 11 is 0. The summed E-state index contributed by atoms with van der Waals surface area (Å²) in [6.45, 7) is 0.913. The second-order valence-electron chi connectivity index (χ2n) is 6.35. The number of nitrogens with zero attached hydrogens (tertiary/aromatic N) is 2. The highest BCUT2D eigenvalue weighted by Gasteiger charge is 2.28. The fourth-order valence-electron chi connectivity index (χ4n) is 3.04. The molecule has 3 amide bonds. The first-order chi connectivity index (χ1) is 12.9. The first-order valence-electron chi connectivity index (χ1n) is 8.75. The van der Waals surface area contributed by atoms with E-state index in [0.29, 0.717) is 19.6 Å². The van der Waals surface area contributed by atoms with Crippen molar-refractivity contribution >= 4 is 27.9 Å². The van der Waals surface area contributed by atoms with Gasteiger partial charge in [-0.25, -0.2) is 18.0 Å². The molecule has 10 heteroatoms. The van der Waals surface area contributed by atoms with Crippen molar-refractivity contribution in [1.82, 2.24) is 14.5 Å². The molecule has 146 valence electrons. The first-order valence-corrected chi connectivity index (χ1v) is 10.2. The number of sulfonamides is 1. The monoisotopic (exact) mass is 395 g/mol. The van der Waals surface area contributed by atoms with Gasteiger partial charge in [0, 0.05) is 26.2 Å². The average Bonchev–Trinajstić information content (AvgIpc) is 3.12. The minimum absolute atomic E-state index is 0.0177. The van der Waals surface area contributed by atoms with Crippen molar-refractivity contribution in [2.24, 2.45) is 0 Å². The summed E-state index contributed by atoms with van der Waals surface area (Å²) in [4.78, 5) is 36.5. The Balaban J connectivity index is 1.66. The Morgan fingerprint density at radius 3 is 2.52 bits per heavy atom. The number of hydrogen-bond acceptors (Lipinski definition) is 6. The summed E-state index contributed by atoms with van der Waals surface area (Å²) in [6, 6.07) is 5.04. The molecule has 0 aromatic heterocycles. The highest BCUT2D eigenvalue weighted by molar-refractivity contribution is 7.89. The molecule has 2 heterocycles. The molecule has 2 aliphatic heterocycles. The largest absolute Gasteiger partial charge is 0.452 e. The van der Waals surface area contributed by atoms with Crippen LogP contribution >= 0.6 is 0 Å². The van der Waals surface area contributed by atoms with E-state index in [1.54, 1.807) is 0 Å². The zero-order chi connectivity index (χ0) is 19.4. The molecule has 0 bridgehead atoms. The molecule has 1 N–H and O–H groups in total. The third-order valence-corrected chi connectivity index (χ3v) is 6.40. The molecule has 2 aliphatic rings. The van der Waals surface area contributed by atoms with Crippen molar-refractivity contribution < 1.29 is 27.5 Å². The summed E-state index contributed by atoms with van der Waals surface area (Å²) in [5.41, 5.74) is 0.0340. The van der Waals surface area contributed by atoms with Crippen molar-refractivity contribution in [3.8, 4) is 0 Å². The smallest absolute Gasteiger partial charge is 0.338 e. The number of amides is 3. The van der Waals surface area contributed by atoms with E-state index in [9.17, 15) is 22.8 Å². The minimum atomic E-state index is -3.67. The molecular weight excluding hydrogens is 374 g/mol. The fraction of sp³-hybridized carbons (Fsp3) is 0.471. The van der Waals surface area contributed by atoms with Gasteiger partial charge in [0.25, 0.3) is 5.91 Å². The predicted molar refractivity (Wildman–Crippen MR) is 94.4 cm³/mol. The average molecular weight is 395 g/mol. The molecule has 0 atom stereocenters. The van der Waals surface area contributed by atoms with E-state index in [2.05, 4.69) is 5.32 Å². The number of imide groups is 1. The van der Waals surface area contributed by atoms with Crippen molar-refractivity contribution in [2.75, 3.05) is 32.8 Å². The SMILES string of the molecule is O=C(OCC(=O)N1CCNC1=O)c1cccc(S(=O)(=O)N2CCCCC2)c1. The van der Waals surface area contributed by atoms with Gasteiger partial charge < -0.3 is 10.1 Å². The number of piperidine rings is 1. The van der Waals surface area contributed by atoms with Gasteiger partial charge in [-0.2, -0.15) is 4.31 Å². The molecule has 2 fully saturated rings. The maximum absolute atomic E-state index is 12.7. The maximum atomic E-state index is 12.7. The van der Waals surface area contributed by atoms with Gasteiger partial charge in [-0.1, -0.05) is 12.5 Å². The third kappa shape index (κ3) is 4.28. The minimum Gasteiger partial charge on any atom is -0.452 e. The number of urea groups is 1. The molecule has 0 spiro atoms. The Hall–Kier alpha value is -2.46. The van der Waals surface area contributed by atoms with Crippen LogP contribution < -0.4 is 5.32 Å². The number of esters is 1. The highest BCUT2D eigenvalue weighted by atomic mass is 32.2. The Morgan fingerprint density at radius 2 is 1.85 bits per heavy atom. The van der Waals surface area contributed by atoms with E-state index in [-0.39, 0.29) is 17.0 Å². The lowest BCUT2D eigenvalue weighted by molar-refractivity contribution is -0.130. The van der Waals surface area contributed by atoms with E-state index >= 15 is 0 Å². The van der Waals surface area contributed by atoms with Crippen LogP contribution in [0.25, 0.3) is 0 Å². The summed E-state index contributed by atoms with van der Waals surface area (Å²) in [5.74, 6) is -1.45. The van der Waals surface area contributed by atoms with Crippen LogP contribution in [0, 0.1) is 0 Å². The topological polar surface area (TPSA) is 113 Å². The number of benzene rings is 1. The second kappa shape index (κ2) is 8.05. The first kappa shape index (κ1) is 19.3. The number of nitrogens with one attached hydrogen (secondary N) is 1. The molecule has 0 saturated carbocycles. The van der Waals surface area contributed by atoms with Crippen LogP contribution in [0.3, 0.4) is 0 Å². The van der Waals surface area contributed by atoms with E-state index < -0.39 is 34.5 Å². The molecule has 2 saturated heterocycles. The Labute approximate surface area is 157 Å². The van der Waals surface area contributed by atoms with Crippen LogP contribution in [0.2, 0.25) is 0 Å². The zero-order valence-corrected chi connectivity index (χ0v) is 15.5. The lowest BCUT2D eigenvalue weighted by Gasteiger charge is -2.25. The number of hydrogen-bond donors (Lipinski definition) is 1. The van der Waals surface area contributed by atoms with Gasteiger partial charge in [0.2, 0.25) is 10.0 Å². The van der Waals surface area contributed by atoms with Crippen molar-refractivity contribution in [3.05, 3.63) is 29.8 Å². The molecule has 1 aromatic carbocycles. The van der Waals surface area contributed by atoms with Gasteiger partial charge in [-0.05, 0) is 31.0 Å². The van der Waals surface area contributed by atoms with Crippen LogP contribution in [0.5, 0.6) is 0 Å². The van der Waals surface area contributed by atoms with Crippen LogP contribution in [-0.2, 0) is 19.6 Å². The number of ether oxygens (including phenoxy) is 1. The van der Waals surface area contributed by atoms with Gasteiger partial charge in [0.05, 0.1) is 10.5 Å². The molecule has 9 nitrogen and oxygen atoms in total. The molecule has 0 radical (unpaired) electrons. The van der Waals surface area contributed by atoms with Gasteiger partial charge in [0.1, 0.15) is 0 Å². The Bertz CT molecular complexity index is 848. The van der Waals surface area contributed by atoms with Gasteiger partial charge in [-0.15, -0.1) is 0 Å². The van der Waals surface area contributed by atoms with Gasteiger partial charge >= 0.3 is 12.0 Å². The zero-order valence-electron chi connectivity index (χ0n) is 14.7. The van der Waals surface area contributed by atoms with Gasteiger partial charge in [-0.3, -0.25) is 9.69 Å². The molecule has 3 rings (SSSR count). The standard InChI is InChI=1S/C17H21N3O6S/c21-15(20-10-7-18-17(20)23)12-26-16(22)13-5-4-6-14(11-13)27(24,25)19-8-2-1-3-9-19/h4-6,11H,1-3,7-10,12H2,(H,18,23). The van der Waals surface area contributed by atoms with E-state index in [1.165, 1.54) is 28.6 Å². The second-order valence-corrected chi connectivity index (χ2v) is 8.28. The van der Waals surface area contributed by atoms with Crippen LogP contribution in [-0.4, -0.2) is 68.3 Å². The normalized spacial score (nSPS) is 18.2. The quantitative estimate of drug-likeness (QED) is 0.730. The fourth-order valence-corrected chi connectivity index (χ4v) is 4.60. The van der Waals surface area contributed by atoms with Crippen molar-refractivity contribution in [2.45, 2.75) is 24.2 Å². The van der Waals surface area contributed by atoms with E-state index in [1.807, 2.05) is 0 Å². The van der Waals surface area contributed by atoms with Gasteiger partial charge in [0.15, 0.2) is 6.61 Å². The molecule has 0 aliphatic carbocycles. The number of carbonyl (C=O) groups is 3. The Morgan fingerprint density at radius 1 is 1.11 bits per heavy atom. The van der Waals surface area contributed by atoms with E-state index in [4.69, 9.17) is 4.74 Å².